The molecule has 146 valence electrons. The first-order valence-corrected chi connectivity index (χ1v) is 10.2. The van der Waals surface area contributed by atoms with Crippen molar-refractivity contribution >= 4 is 38.4 Å². The van der Waals surface area contributed by atoms with Crippen molar-refractivity contribution < 1.29 is 9.13 Å². The zero-order chi connectivity index (χ0) is 20.9. The molecule has 0 spiro atoms. The fourth-order valence-corrected chi connectivity index (χ4v) is 3.81. The van der Waals surface area contributed by atoms with Crippen LogP contribution < -0.4 is 4.74 Å². The first-order valence-electron chi connectivity index (χ1n) is 9.41. The highest BCUT2D eigenvalue weighted by atomic mass is 79.9. The fraction of sp³-hybridized carbons (Fsp3) is 0.0385. The van der Waals surface area contributed by atoms with E-state index in [-0.39, 0.29) is 5.82 Å². The lowest BCUT2D eigenvalue weighted by Gasteiger charge is -2.11. The molecule has 0 bridgehead atoms. The molecule has 0 aliphatic rings. The summed E-state index contributed by atoms with van der Waals surface area (Å²) >= 11 is 3.55. The van der Waals surface area contributed by atoms with Crippen LogP contribution >= 0.6 is 15.9 Å². The maximum atomic E-state index is 13.5. The summed E-state index contributed by atoms with van der Waals surface area (Å²) in [6, 6.07) is 28.2. The van der Waals surface area contributed by atoms with Gasteiger partial charge in [-0.3, -0.25) is 0 Å². The molecule has 0 aromatic heterocycles. The Kier molecular flexibility index (Phi) is 5.92. The van der Waals surface area contributed by atoms with Crippen molar-refractivity contribution in [3.8, 4) is 11.8 Å². The van der Waals surface area contributed by atoms with E-state index in [9.17, 15) is 9.65 Å². The number of allylic oxidation sites excluding steroid dienone is 1. The van der Waals surface area contributed by atoms with Crippen LogP contribution in [0.15, 0.2) is 89.4 Å². The number of nitriles is 1. The first kappa shape index (κ1) is 19.9. The lowest BCUT2D eigenvalue weighted by Crippen LogP contribution is -1.97. The molecular formula is C26H17BrFNO. The van der Waals surface area contributed by atoms with Crippen LogP contribution in [0.2, 0.25) is 0 Å². The van der Waals surface area contributed by atoms with E-state index in [1.807, 2.05) is 36.4 Å². The topological polar surface area (TPSA) is 33.0 Å². The molecule has 30 heavy (non-hydrogen) atoms. The van der Waals surface area contributed by atoms with Gasteiger partial charge in [0, 0.05) is 0 Å². The molecule has 0 radical (unpaired) electrons. The van der Waals surface area contributed by atoms with Crippen molar-refractivity contribution in [3.63, 3.8) is 0 Å². The van der Waals surface area contributed by atoms with Crippen molar-refractivity contribution in [1.82, 2.24) is 0 Å². The van der Waals surface area contributed by atoms with Crippen LogP contribution in [0.5, 0.6) is 5.75 Å². The minimum Gasteiger partial charge on any atom is -0.488 e. The molecule has 0 heterocycles. The van der Waals surface area contributed by atoms with Crippen LogP contribution in [-0.4, -0.2) is 0 Å². The molecule has 0 N–H and O–H groups in total. The van der Waals surface area contributed by atoms with E-state index in [0.29, 0.717) is 23.5 Å². The quantitative estimate of drug-likeness (QED) is 0.231. The summed E-state index contributed by atoms with van der Waals surface area (Å²) in [6.45, 7) is 0.446. The van der Waals surface area contributed by atoms with Gasteiger partial charge in [-0.15, -0.1) is 0 Å². The third-order valence-corrected chi connectivity index (χ3v) is 5.41. The van der Waals surface area contributed by atoms with E-state index in [0.717, 1.165) is 15.6 Å². The van der Waals surface area contributed by atoms with Crippen LogP contribution in [-0.2, 0) is 6.61 Å². The summed E-state index contributed by atoms with van der Waals surface area (Å²) < 4.78 is 20.3. The SMILES string of the molecule is N#C/C(=C/c1ccc(OCc2cccc3ccccc23)c(Br)c1)c1cccc(F)c1. The number of benzene rings is 4. The highest BCUT2D eigenvalue weighted by Crippen LogP contribution is 2.29. The Morgan fingerprint density at radius 2 is 1.77 bits per heavy atom. The summed E-state index contributed by atoms with van der Waals surface area (Å²) in [7, 11) is 0. The normalized spacial score (nSPS) is 11.3. The van der Waals surface area contributed by atoms with Crippen molar-refractivity contribution in [1.29, 1.82) is 5.26 Å². The van der Waals surface area contributed by atoms with Crippen molar-refractivity contribution in [2.75, 3.05) is 0 Å². The second kappa shape index (κ2) is 8.94. The van der Waals surface area contributed by atoms with Gasteiger partial charge in [0.1, 0.15) is 18.2 Å². The van der Waals surface area contributed by atoms with Gasteiger partial charge in [-0.05, 0) is 73.7 Å². The number of rotatable bonds is 5. The van der Waals surface area contributed by atoms with Crippen LogP contribution in [0.3, 0.4) is 0 Å². The van der Waals surface area contributed by atoms with E-state index in [4.69, 9.17) is 4.74 Å². The third kappa shape index (κ3) is 4.42. The molecule has 0 amide bonds. The Hall–Kier alpha value is -3.42. The number of ether oxygens (including phenoxy) is 1. The van der Waals surface area contributed by atoms with Crippen LogP contribution in [0, 0.1) is 17.1 Å². The van der Waals surface area contributed by atoms with Gasteiger partial charge in [0.25, 0.3) is 0 Å². The predicted molar refractivity (Wildman–Crippen MR) is 122 cm³/mol. The van der Waals surface area contributed by atoms with Gasteiger partial charge in [-0.2, -0.15) is 5.26 Å². The molecule has 0 aliphatic heterocycles. The molecule has 4 aromatic carbocycles. The van der Waals surface area contributed by atoms with Crippen LogP contribution in [0.4, 0.5) is 4.39 Å². The molecule has 0 atom stereocenters. The lowest BCUT2D eigenvalue weighted by atomic mass is 10.0. The first-order chi connectivity index (χ1) is 14.6. The lowest BCUT2D eigenvalue weighted by molar-refractivity contribution is 0.305. The minimum absolute atomic E-state index is 0.369. The predicted octanol–water partition coefficient (Wildman–Crippen LogP) is 7.38. The molecule has 0 saturated carbocycles. The Balaban J connectivity index is 1.55. The summed E-state index contributed by atoms with van der Waals surface area (Å²) in [5.74, 6) is 0.344. The Labute approximate surface area is 183 Å². The zero-order valence-corrected chi connectivity index (χ0v) is 17.6. The Bertz CT molecular complexity index is 1280. The van der Waals surface area contributed by atoms with Gasteiger partial charge in [-0.25, -0.2) is 4.39 Å². The average molecular weight is 458 g/mol. The summed E-state index contributed by atoms with van der Waals surface area (Å²) in [5, 5.41) is 11.8. The van der Waals surface area contributed by atoms with Crippen molar-refractivity contribution in [3.05, 3.63) is 112 Å². The number of hydrogen-bond donors (Lipinski definition) is 0. The number of fused-ring (bicyclic) bond motifs is 1. The Morgan fingerprint density at radius 3 is 2.57 bits per heavy atom. The maximum Gasteiger partial charge on any atom is 0.134 e. The molecule has 4 heteroatoms. The molecule has 0 saturated heterocycles. The molecule has 0 unspecified atom stereocenters. The van der Waals surface area contributed by atoms with Gasteiger partial charge >= 0.3 is 0 Å². The average Bonchev–Trinajstić information content (AvgIpc) is 2.77. The molecule has 4 aromatic rings. The molecule has 0 fully saturated rings. The van der Waals surface area contributed by atoms with Gasteiger partial charge in [0.15, 0.2) is 0 Å². The maximum absolute atomic E-state index is 13.5. The summed E-state index contributed by atoms with van der Waals surface area (Å²) in [5.41, 5.74) is 2.87. The van der Waals surface area contributed by atoms with Gasteiger partial charge in [0.2, 0.25) is 0 Å². The third-order valence-electron chi connectivity index (χ3n) is 4.79. The zero-order valence-electron chi connectivity index (χ0n) is 16.0. The molecular weight excluding hydrogens is 441 g/mol. The number of halogens is 2. The van der Waals surface area contributed by atoms with Crippen LogP contribution in [0.25, 0.3) is 22.4 Å². The number of nitrogens with zero attached hydrogens (tertiary/aromatic N) is 1. The highest BCUT2D eigenvalue weighted by molar-refractivity contribution is 9.10. The standard InChI is InChI=1S/C26H17BrFNO/c27-25-14-18(13-22(16-29)20-7-4-9-23(28)15-20)11-12-26(25)30-17-21-8-3-6-19-5-1-2-10-24(19)21/h1-15H,17H2/b22-13-. The second-order valence-corrected chi connectivity index (χ2v) is 7.65. The van der Waals surface area contributed by atoms with E-state index >= 15 is 0 Å². The monoisotopic (exact) mass is 457 g/mol. The van der Waals surface area contributed by atoms with E-state index in [1.54, 1.807) is 18.2 Å². The largest absolute Gasteiger partial charge is 0.488 e. The van der Waals surface area contributed by atoms with E-state index in [1.165, 1.54) is 22.9 Å². The summed E-state index contributed by atoms with van der Waals surface area (Å²) in [4.78, 5) is 0. The second-order valence-electron chi connectivity index (χ2n) is 6.80. The van der Waals surface area contributed by atoms with Gasteiger partial charge in [-0.1, -0.05) is 60.7 Å². The van der Waals surface area contributed by atoms with Gasteiger partial charge in [0.05, 0.1) is 16.1 Å². The number of hydrogen-bond acceptors (Lipinski definition) is 2. The highest BCUT2D eigenvalue weighted by Gasteiger charge is 2.07. The van der Waals surface area contributed by atoms with E-state index in [2.05, 4.69) is 46.3 Å². The van der Waals surface area contributed by atoms with Crippen LogP contribution in [0.1, 0.15) is 16.7 Å². The van der Waals surface area contributed by atoms with Crippen molar-refractivity contribution in [2.24, 2.45) is 0 Å². The Morgan fingerprint density at radius 1 is 0.967 bits per heavy atom. The fourth-order valence-electron chi connectivity index (χ4n) is 3.30. The molecule has 4 rings (SSSR count). The minimum atomic E-state index is -0.369. The van der Waals surface area contributed by atoms with E-state index < -0.39 is 0 Å². The van der Waals surface area contributed by atoms with Gasteiger partial charge < -0.3 is 4.74 Å². The smallest absolute Gasteiger partial charge is 0.134 e. The molecule has 2 nitrogen and oxygen atoms in total. The molecule has 0 aliphatic carbocycles. The van der Waals surface area contributed by atoms with Crippen molar-refractivity contribution in [2.45, 2.75) is 6.61 Å². The summed E-state index contributed by atoms with van der Waals surface area (Å²) in [6.07, 6.45) is 1.73.